The van der Waals surface area contributed by atoms with Gasteiger partial charge in [-0.25, -0.2) is 13.6 Å². The van der Waals surface area contributed by atoms with Crippen LogP contribution in [-0.2, 0) is 16.1 Å². The summed E-state index contributed by atoms with van der Waals surface area (Å²) in [6.45, 7) is 0.985. The van der Waals surface area contributed by atoms with Crippen molar-refractivity contribution in [1.82, 2.24) is 15.1 Å². The van der Waals surface area contributed by atoms with E-state index >= 15 is 0 Å². The minimum Gasteiger partial charge on any atom is -0.454 e. The van der Waals surface area contributed by atoms with Gasteiger partial charge in [-0.05, 0) is 54.8 Å². The van der Waals surface area contributed by atoms with E-state index in [0.717, 1.165) is 17.3 Å². The standard InChI is InChI=1S/C30H29F2N5O5/c31-21-7-8-24(23(32)15-21)34-29(40)35-12-10-30(11-13-35)28(39)36(18-37(30)22-4-2-1-3-5-22)17-27(38)33-16-20-6-9-25-26(14-20)42-19-41-25/h1-9,14-15H,10-13,16-19H2,(H,33,38)(H,34,40). The van der Waals surface area contributed by atoms with Crippen molar-refractivity contribution >= 4 is 29.2 Å². The van der Waals surface area contributed by atoms with E-state index in [9.17, 15) is 23.2 Å². The molecule has 2 saturated heterocycles. The third-order valence-corrected chi connectivity index (χ3v) is 7.89. The van der Waals surface area contributed by atoms with Crippen molar-refractivity contribution in [3.05, 3.63) is 83.9 Å². The molecule has 0 atom stereocenters. The number of rotatable bonds is 6. The van der Waals surface area contributed by atoms with Gasteiger partial charge >= 0.3 is 6.03 Å². The fourth-order valence-corrected chi connectivity index (χ4v) is 5.67. The van der Waals surface area contributed by atoms with Gasteiger partial charge in [-0.2, -0.15) is 0 Å². The fraction of sp³-hybridized carbons (Fsp3) is 0.300. The van der Waals surface area contributed by atoms with Crippen LogP contribution in [0.3, 0.4) is 0 Å². The first kappa shape index (κ1) is 27.3. The van der Waals surface area contributed by atoms with E-state index in [1.807, 2.05) is 47.4 Å². The third kappa shape index (κ3) is 5.27. The van der Waals surface area contributed by atoms with E-state index in [4.69, 9.17) is 9.47 Å². The van der Waals surface area contributed by atoms with Gasteiger partial charge in [0.2, 0.25) is 12.7 Å². The molecule has 0 bridgehead atoms. The van der Waals surface area contributed by atoms with E-state index in [2.05, 4.69) is 10.6 Å². The topological polar surface area (TPSA) is 103 Å². The number of ether oxygens (including phenoxy) is 2. The summed E-state index contributed by atoms with van der Waals surface area (Å²) in [6, 6.07) is 17.3. The number of hydrogen-bond donors (Lipinski definition) is 2. The van der Waals surface area contributed by atoms with Gasteiger partial charge < -0.3 is 34.8 Å². The van der Waals surface area contributed by atoms with Gasteiger partial charge in [0.15, 0.2) is 11.5 Å². The molecule has 3 heterocycles. The number of benzene rings is 3. The van der Waals surface area contributed by atoms with Gasteiger partial charge in [0.05, 0.1) is 12.4 Å². The van der Waals surface area contributed by atoms with E-state index in [1.165, 1.54) is 15.9 Å². The maximum absolute atomic E-state index is 14.1. The van der Waals surface area contributed by atoms with Crippen molar-refractivity contribution in [3.63, 3.8) is 0 Å². The normalized spacial score (nSPS) is 17.1. The molecule has 218 valence electrons. The number of nitrogens with zero attached hydrogens (tertiary/aromatic N) is 3. The van der Waals surface area contributed by atoms with Crippen LogP contribution in [0.2, 0.25) is 0 Å². The smallest absolute Gasteiger partial charge is 0.321 e. The lowest BCUT2D eigenvalue weighted by atomic mass is 9.85. The number of amides is 4. The quantitative estimate of drug-likeness (QED) is 0.464. The fourth-order valence-electron chi connectivity index (χ4n) is 5.67. The van der Waals surface area contributed by atoms with E-state index in [-0.39, 0.29) is 57.1 Å². The minimum absolute atomic E-state index is 0.123. The molecule has 1 spiro atoms. The average molecular weight is 578 g/mol. The second-order valence-electron chi connectivity index (χ2n) is 10.4. The molecule has 3 aliphatic rings. The number of fused-ring (bicyclic) bond motifs is 1. The van der Waals surface area contributed by atoms with Crippen LogP contribution in [-0.4, -0.2) is 66.3 Å². The molecule has 10 nitrogen and oxygen atoms in total. The molecule has 4 amide bonds. The highest BCUT2D eigenvalue weighted by Gasteiger charge is 2.54. The Morgan fingerprint density at radius 3 is 2.45 bits per heavy atom. The molecule has 42 heavy (non-hydrogen) atoms. The number of piperidine rings is 1. The molecule has 2 fully saturated rings. The van der Waals surface area contributed by atoms with E-state index in [1.54, 1.807) is 6.07 Å². The van der Waals surface area contributed by atoms with Crippen molar-refractivity contribution in [1.29, 1.82) is 0 Å². The van der Waals surface area contributed by atoms with Crippen LogP contribution in [0.1, 0.15) is 18.4 Å². The van der Waals surface area contributed by atoms with Crippen LogP contribution >= 0.6 is 0 Å². The van der Waals surface area contributed by atoms with E-state index in [0.29, 0.717) is 30.4 Å². The Bertz CT molecular complexity index is 1510. The second-order valence-corrected chi connectivity index (χ2v) is 10.4. The first-order valence-corrected chi connectivity index (χ1v) is 13.6. The Balaban J connectivity index is 1.12. The molecule has 2 N–H and O–H groups in total. The summed E-state index contributed by atoms with van der Waals surface area (Å²) in [5.74, 6) is -0.814. The number of likely N-dealkylation sites (tertiary alicyclic amines) is 1. The molecule has 6 rings (SSSR count). The lowest BCUT2D eigenvalue weighted by Gasteiger charge is -2.43. The van der Waals surface area contributed by atoms with Gasteiger partial charge in [-0.15, -0.1) is 0 Å². The van der Waals surface area contributed by atoms with Gasteiger partial charge in [0.1, 0.15) is 23.7 Å². The van der Waals surface area contributed by atoms with Crippen LogP contribution in [0.4, 0.5) is 25.0 Å². The maximum atomic E-state index is 14.1. The molecule has 3 aliphatic heterocycles. The second kappa shape index (κ2) is 11.2. The predicted molar refractivity (Wildman–Crippen MR) is 149 cm³/mol. The molecule has 3 aromatic carbocycles. The summed E-state index contributed by atoms with van der Waals surface area (Å²) < 4.78 is 38.1. The highest BCUT2D eigenvalue weighted by Crippen LogP contribution is 2.39. The number of carbonyl (C=O) groups excluding carboxylic acids is 3. The third-order valence-electron chi connectivity index (χ3n) is 7.89. The maximum Gasteiger partial charge on any atom is 0.321 e. The molecule has 0 aliphatic carbocycles. The predicted octanol–water partition coefficient (Wildman–Crippen LogP) is 3.68. The summed E-state index contributed by atoms with van der Waals surface area (Å²) in [5.41, 5.74) is 0.605. The Morgan fingerprint density at radius 2 is 1.69 bits per heavy atom. The summed E-state index contributed by atoms with van der Waals surface area (Å²) in [7, 11) is 0. The van der Waals surface area contributed by atoms with Crippen molar-refractivity contribution in [2.45, 2.75) is 24.9 Å². The number of hydrogen-bond acceptors (Lipinski definition) is 6. The zero-order valence-electron chi connectivity index (χ0n) is 22.6. The van der Waals surface area contributed by atoms with Gasteiger partial charge in [-0.3, -0.25) is 9.59 Å². The van der Waals surface area contributed by atoms with Gasteiger partial charge in [0.25, 0.3) is 5.91 Å². The molecule has 3 aromatic rings. The van der Waals surface area contributed by atoms with Crippen molar-refractivity contribution in [3.8, 4) is 11.5 Å². The van der Waals surface area contributed by atoms with Gasteiger partial charge in [0, 0.05) is 31.4 Å². The lowest BCUT2D eigenvalue weighted by molar-refractivity contribution is -0.137. The average Bonchev–Trinajstić information content (AvgIpc) is 3.57. The number of anilines is 2. The summed E-state index contributed by atoms with van der Waals surface area (Å²) in [4.78, 5) is 44.8. The van der Waals surface area contributed by atoms with Crippen LogP contribution in [0, 0.1) is 11.6 Å². The number of para-hydroxylation sites is 1. The molecule has 0 saturated carbocycles. The highest BCUT2D eigenvalue weighted by molar-refractivity contribution is 5.97. The molecular formula is C30H29F2N5O5. The van der Waals surface area contributed by atoms with Crippen molar-refractivity contribution in [2.75, 3.05) is 43.3 Å². The van der Waals surface area contributed by atoms with Crippen LogP contribution in [0.15, 0.2) is 66.7 Å². The monoisotopic (exact) mass is 577 g/mol. The Kier molecular flexibility index (Phi) is 7.27. The minimum atomic E-state index is -0.948. The van der Waals surface area contributed by atoms with Crippen molar-refractivity contribution in [2.24, 2.45) is 0 Å². The Labute approximate surface area is 240 Å². The lowest BCUT2D eigenvalue weighted by Crippen LogP contribution is -2.58. The van der Waals surface area contributed by atoms with E-state index < -0.39 is 23.2 Å². The number of halogens is 2. The van der Waals surface area contributed by atoms with Crippen molar-refractivity contribution < 1.29 is 32.6 Å². The van der Waals surface area contributed by atoms with Crippen LogP contribution < -0.4 is 25.0 Å². The Morgan fingerprint density at radius 1 is 0.929 bits per heavy atom. The number of nitrogens with one attached hydrogen (secondary N) is 2. The zero-order chi connectivity index (χ0) is 29.3. The first-order chi connectivity index (χ1) is 20.3. The highest BCUT2D eigenvalue weighted by atomic mass is 19.1. The largest absolute Gasteiger partial charge is 0.454 e. The molecule has 12 heteroatoms. The molecule has 0 radical (unpaired) electrons. The molecule has 0 unspecified atom stereocenters. The number of urea groups is 1. The van der Waals surface area contributed by atoms with Crippen LogP contribution in [0.5, 0.6) is 11.5 Å². The van der Waals surface area contributed by atoms with Gasteiger partial charge in [-0.1, -0.05) is 24.3 Å². The Hall–Kier alpha value is -4.87. The summed E-state index contributed by atoms with van der Waals surface area (Å²) in [6.07, 6.45) is 0.630. The zero-order valence-corrected chi connectivity index (χ0v) is 22.6. The summed E-state index contributed by atoms with van der Waals surface area (Å²) >= 11 is 0. The molecular weight excluding hydrogens is 548 g/mol. The number of carbonyl (C=O) groups is 3. The molecule has 0 aromatic heterocycles. The SMILES string of the molecule is O=C(CN1CN(c2ccccc2)C2(CCN(C(=O)Nc3ccc(F)cc3F)CC2)C1=O)NCc1ccc2c(c1)OCO2. The summed E-state index contributed by atoms with van der Waals surface area (Å²) in [5, 5.41) is 5.36. The first-order valence-electron chi connectivity index (χ1n) is 13.6. The van der Waals surface area contributed by atoms with Crippen LogP contribution in [0.25, 0.3) is 0 Å².